The molecular weight excluding hydrogens is 606 g/mol. The fraction of sp³-hybridized carbons (Fsp3) is 0. The Morgan fingerprint density at radius 3 is 1.43 bits per heavy atom. The van der Waals surface area contributed by atoms with Gasteiger partial charge in [0.15, 0.2) is 0 Å². The van der Waals surface area contributed by atoms with Crippen LogP contribution >= 0.6 is 45.2 Å². The van der Waals surface area contributed by atoms with Gasteiger partial charge in [-0.1, -0.05) is 36.4 Å². The van der Waals surface area contributed by atoms with Crippen LogP contribution in [0, 0.1) is 7.14 Å². The van der Waals surface area contributed by atoms with Crippen molar-refractivity contribution in [3.05, 3.63) is 102 Å². The number of rotatable bonds is 6. The van der Waals surface area contributed by atoms with Gasteiger partial charge in [-0.15, -0.1) is 0 Å². The van der Waals surface area contributed by atoms with Crippen LogP contribution < -0.4 is 10.9 Å². The van der Waals surface area contributed by atoms with E-state index in [-0.39, 0.29) is 11.8 Å². The first-order chi connectivity index (χ1) is 14.5. The first kappa shape index (κ1) is 22.1. The molecule has 0 atom stereocenters. The number of hydrogen-bond acceptors (Lipinski definition) is 4. The van der Waals surface area contributed by atoms with E-state index in [0.29, 0.717) is 11.1 Å². The number of nitrogens with zero attached hydrogens (tertiary/aromatic N) is 2. The SMILES string of the molecule is O=C(NN=Cc1ccc(C=NNC(=O)c2cccc(I)c2)cc1)c1cccc(I)c1. The van der Waals surface area contributed by atoms with Gasteiger partial charge in [-0.25, -0.2) is 10.9 Å². The lowest BCUT2D eigenvalue weighted by Crippen LogP contribution is -2.17. The van der Waals surface area contributed by atoms with Gasteiger partial charge in [-0.05, 0) is 92.7 Å². The molecule has 8 heteroatoms. The second-order valence-corrected chi connectivity index (χ2v) is 8.58. The lowest BCUT2D eigenvalue weighted by molar-refractivity contribution is 0.0947. The topological polar surface area (TPSA) is 82.9 Å². The fourth-order valence-electron chi connectivity index (χ4n) is 2.39. The number of halogens is 2. The van der Waals surface area contributed by atoms with Crippen LogP contribution in [0.1, 0.15) is 31.8 Å². The number of carbonyl (C=O) groups is 2. The van der Waals surface area contributed by atoms with Crippen LogP contribution in [0.5, 0.6) is 0 Å². The van der Waals surface area contributed by atoms with E-state index in [2.05, 4.69) is 66.2 Å². The lowest BCUT2D eigenvalue weighted by Gasteiger charge is -2.01. The summed E-state index contributed by atoms with van der Waals surface area (Å²) in [4.78, 5) is 24.1. The van der Waals surface area contributed by atoms with E-state index in [0.717, 1.165) is 18.3 Å². The largest absolute Gasteiger partial charge is 0.271 e. The lowest BCUT2D eigenvalue weighted by atomic mass is 10.2. The maximum absolute atomic E-state index is 12.1. The van der Waals surface area contributed by atoms with Crippen LogP contribution in [-0.4, -0.2) is 24.2 Å². The van der Waals surface area contributed by atoms with Gasteiger partial charge in [0.25, 0.3) is 11.8 Å². The summed E-state index contributed by atoms with van der Waals surface area (Å²) in [5, 5.41) is 7.97. The van der Waals surface area contributed by atoms with Gasteiger partial charge in [0.05, 0.1) is 12.4 Å². The molecule has 0 bridgehead atoms. The molecule has 0 aliphatic rings. The van der Waals surface area contributed by atoms with Crippen molar-refractivity contribution in [2.75, 3.05) is 0 Å². The molecule has 0 heterocycles. The van der Waals surface area contributed by atoms with Gasteiger partial charge in [-0.3, -0.25) is 9.59 Å². The highest BCUT2D eigenvalue weighted by molar-refractivity contribution is 14.1. The van der Waals surface area contributed by atoms with Crippen LogP contribution in [0.4, 0.5) is 0 Å². The standard InChI is InChI=1S/C22H16I2N4O2/c23-19-5-1-3-17(11-19)21(29)27-25-13-15-7-9-16(10-8-15)14-26-28-22(30)18-4-2-6-20(24)12-18/h1-14H,(H,27,29)(H,28,30). The monoisotopic (exact) mass is 622 g/mol. The second kappa shape index (κ2) is 11.0. The summed E-state index contributed by atoms with van der Waals surface area (Å²) >= 11 is 4.31. The number of nitrogens with one attached hydrogen (secondary N) is 2. The Bertz CT molecular complexity index is 1020. The predicted octanol–water partition coefficient (Wildman–Crippen LogP) is 4.42. The van der Waals surface area contributed by atoms with E-state index in [1.54, 1.807) is 36.7 Å². The molecule has 150 valence electrons. The van der Waals surface area contributed by atoms with Crippen LogP contribution in [0.2, 0.25) is 0 Å². The van der Waals surface area contributed by atoms with Crippen molar-refractivity contribution in [3.63, 3.8) is 0 Å². The number of carbonyl (C=O) groups excluding carboxylic acids is 2. The van der Waals surface area contributed by atoms with Crippen LogP contribution in [-0.2, 0) is 0 Å². The average molecular weight is 622 g/mol. The Kier molecular flexibility index (Phi) is 8.08. The van der Waals surface area contributed by atoms with Crippen molar-refractivity contribution in [1.29, 1.82) is 0 Å². The Hall–Kier alpha value is -2.60. The minimum Gasteiger partial charge on any atom is -0.267 e. The maximum Gasteiger partial charge on any atom is 0.271 e. The summed E-state index contributed by atoms with van der Waals surface area (Å²) in [5.41, 5.74) is 7.76. The highest BCUT2D eigenvalue weighted by atomic mass is 127. The molecule has 0 spiro atoms. The highest BCUT2D eigenvalue weighted by Gasteiger charge is 2.04. The third-order valence-corrected chi connectivity index (χ3v) is 5.21. The van der Waals surface area contributed by atoms with Gasteiger partial charge >= 0.3 is 0 Å². The molecule has 0 unspecified atom stereocenters. The van der Waals surface area contributed by atoms with Crippen molar-refractivity contribution in [2.45, 2.75) is 0 Å². The Labute approximate surface area is 201 Å². The molecular formula is C22H16I2N4O2. The number of hydrogen-bond donors (Lipinski definition) is 2. The van der Waals surface area contributed by atoms with Gasteiger partial charge in [-0.2, -0.15) is 10.2 Å². The molecule has 0 aliphatic heterocycles. The summed E-state index contributed by atoms with van der Waals surface area (Å²) in [6.45, 7) is 0. The summed E-state index contributed by atoms with van der Waals surface area (Å²) in [5.74, 6) is -0.533. The first-order valence-corrected chi connectivity index (χ1v) is 10.9. The van der Waals surface area contributed by atoms with Crippen molar-refractivity contribution in [3.8, 4) is 0 Å². The van der Waals surface area contributed by atoms with E-state index >= 15 is 0 Å². The fourth-order valence-corrected chi connectivity index (χ4v) is 3.47. The quantitative estimate of drug-likeness (QED) is 0.243. The molecule has 3 rings (SSSR count). The van der Waals surface area contributed by atoms with Crippen LogP contribution in [0.15, 0.2) is 83.0 Å². The number of benzene rings is 3. The zero-order valence-electron chi connectivity index (χ0n) is 15.5. The highest BCUT2D eigenvalue weighted by Crippen LogP contribution is 2.08. The zero-order chi connectivity index (χ0) is 21.3. The van der Waals surface area contributed by atoms with Gasteiger partial charge in [0.2, 0.25) is 0 Å². The van der Waals surface area contributed by atoms with Gasteiger partial charge in [0, 0.05) is 18.3 Å². The Morgan fingerprint density at radius 1 is 0.667 bits per heavy atom. The van der Waals surface area contributed by atoms with Crippen molar-refractivity contribution >= 4 is 69.4 Å². The summed E-state index contributed by atoms with van der Waals surface area (Å²) in [6.07, 6.45) is 3.12. The van der Waals surface area contributed by atoms with Crippen LogP contribution in [0.25, 0.3) is 0 Å². The van der Waals surface area contributed by atoms with Crippen molar-refractivity contribution < 1.29 is 9.59 Å². The molecule has 30 heavy (non-hydrogen) atoms. The smallest absolute Gasteiger partial charge is 0.267 e. The second-order valence-electron chi connectivity index (χ2n) is 6.09. The summed E-state index contributed by atoms with van der Waals surface area (Å²) in [7, 11) is 0. The van der Waals surface area contributed by atoms with E-state index in [1.165, 1.54) is 0 Å². The van der Waals surface area contributed by atoms with E-state index in [9.17, 15) is 9.59 Å². The van der Waals surface area contributed by atoms with Crippen molar-refractivity contribution in [1.82, 2.24) is 10.9 Å². The average Bonchev–Trinajstić information content (AvgIpc) is 2.74. The predicted molar refractivity (Wildman–Crippen MR) is 135 cm³/mol. The third kappa shape index (κ3) is 6.73. The molecule has 0 radical (unpaired) electrons. The minimum absolute atomic E-state index is 0.266. The maximum atomic E-state index is 12.1. The van der Waals surface area contributed by atoms with Gasteiger partial charge in [0.1, 0.15) is 0 Å². The molecule has 6 nitrogen and oxygen atoms in total. The Balaban J connectivity index is 1.52. The zero-order valence-corrected chi connectivity index (χ0v) is 19.9. The molecule has 2 amide bonds. The van der Waals surface area contributed by atoms with Crippen molar-refractivity contribution in [2.24, 2.45) is 10.2 Å². The first-order valence-electron chi connectivity index (χ1n) is 8.79. The molecule has 3 aromatic carbocycles. The molecule has 0 fully saturated rings. The van der Waals surface area contributed by atoms with Gasteiger partial charge < -0.3 is 0 Å². The third-order valence-electron chi connectivity index (χ3n) is 3.87. The molecule has 2 N–H and O–H groups in total. The molecule has 0 aromatic heterocycles. The van der Waals surface area contributed by atoms with Crippen LogP contribution in [0.3, 0.4) is 0 Å². The van der Waals surface area contributed by atoms with E-state index in [4.69, 9.17) is 0 Å². The Morgan fingerprint density at radius 2 is 1.07 bits per heavy atom. The molecule has 0 saturated heterocycles. The summed E-state index contributed by atoms with van der Waals surface area (Å²) in [6, 6.07) is 21.9. The number of hydrazone groups is 2. The molecule has 0 saturated carbocycles. The van der Waals surface area contributed by atoms with E-state index < -0.39 is 0 Å². The van der Waals surface area contributed by atoms with E-state index in [1.807, 2.05) is 48.5 Å². The minimum atomic E-state index is -0.266. The summed E-state index contributed by atoms with van der Waals surface area (Å²) < 4.78 is 1.97. The number of amides is 2. The molecule has 3 aromatic rings. The normalized spacial score (nSPS) is 11.0. The molecule has 0 aliphatic carbocycles.